The molecule has 3 atom stereocenters. The third-order valence-electron chi connectivity index (χ3n) is 4.10. The van der Waals surface area contributed by atoms with Gasteiger partial charge in [-0.1, -0.05) is 49.1 Å². The van der Waals surface area contributed by atoms with Gasteiger partial charge in [-0.25, -0.2) is 0 Å². The molecule has 0 radical (unpaired) electrons. The first-order valence-corrected chi connectivity index (χ1v) is 8.81. The summed E-state index contributed by atoms with van der Waals surface area (Å²) < 4.78 is 22.9. The number of carbonyl (C=O) groups excluding carboxylic acids is 1. The van der Waals surface area contributed by atoms with Gasteiger partial charge in [-0.05, 0) is 29.7 Å². The van der Waals surface area contributed by atoms with E-state index in [-0.39, 0.29) is 5.97 Å². The van der Waals surface area contributed by atoms with Crippen LogP contribution in [0.15, 0.2) is 66.8 Å². The van der Waals surface area contributed by atoms with Gasteiger partial charge in [-0.2, -0.15) is 0 Å². The maximum atomic E-state index is 12.0. The smallest absolute Gasteiger partial charge is 0.306 e. The second-order valence-electron chi connectivity index (χ2n) is 6.29. The van der Waals surface area contributed by atoms with Gasteiger partial charge < -0.3 is 18.9 Å². The molecule has 0 aromatic heterocycles. The molecule has 5 heteroatoms. The lowest BCUT2D eigenvalue weighted by Crippen LogP contribution is -2.42. The molecule has 26 heavy (non-hydrogen) atoms. The van der Waals surface area contributed by atoms with Crippen molar-refractivity contribution in [3.05, 3.63) is 72.4 Å². The summed E-state index contributed by atoms with van der Waals surface area (Å²) in [6, 6.07) is 9.89. The third-order valence-corrected chi connectivity index (χ3v) is 4.10. The number of carbonyl (C=O) groups is 1. The summed E-state index contributed by atoms with van der Waals surface area (Å²) in [6.45, 7) is 5.08. The van der Waals surface area contributed by atoms with Gasteiger partial charge in [0.2, 0.25) is 0 Å². The predicted molar refractivity (Wildman–Crippen MR) is 97.2 cm³/mol. The van der Waals surface area contributed by atoms with E-state index in [1.807, 2.05) is 48.6 Å². The van der Waals surface area contributed by atoms with Crippen molar-refractivity contribution in [3.63, 3.8) is 0 Å². The maximum Gasteiger partial charge on any atom is 0.306 e. The zero-order chi connectivity index (χ0) is 18.2. The van der Waals surface area contributed by atoms with Crippen molar-refractivity contribution in [2.45, 2.75) is 37.9 Å². The molecule has 0 amide bonds. The minimum atomic E-state index is -0.505. The fraction of sp³-hybridized carbons (Fsp3) is 0.381. The van der Waals surface area contributed by atoms with E-state index >= 15 is 0 Å². The summed E-state index contributed by atoms with van der Waals surface area (Å²) in [5.41, 5.74) is 1.93. The van der Waals surface area contributed by atoms with Crippen LogP contribution in [-0.4, -0.2) is 37.7 Å². The Morgan fingerprint density at radius 3 is 2.88 bits per heavy atom. The number of fused-ring (bicyclic) bond motifs is 1. The molecule has 1 aromatic carbocycles. The lowest BCUT2D eigenvalue weighted by Gasteiger charge is -2.32. The molecule has 0 saturated heterocycles. The quantitative estimate of drug-likeness (QED) is 0.614. The highest BCUT2D eigenvalue weighted by Gasteiger charge is 2.31. The van der Waals surface area contributed by atoms with Gasteiger partial charge >= 0.3 is 5.97 Å². The van der Waals surface area contributed by atoms with Crippen LogP contribution in [0.4, 0.5) is 0 Å². The number of hydrogen-bond acceptors (Lipinski definition) is 5. The van der Waals surface area contributed by atoms with E-state index in [0.717, 1.165) is 11.1 Å². The summed E-state index contributed by atoms with van der Waals surface area (Å²) in [5.74, 6) is -0.257. The summed E-state index contributed by atoms with van der Waals surface area (Å²) >= 11 is 0. The van der Waals surface area contributed by atoms with Crippen LogP contribution in [-0.2, 0) is 30.3 Å². The molecule has 2 heterocycles. The van der Waals surface area contributed by atoms with E-state index < -0.39 is 18.5 Å². The van der Waals surface area contributed by atoms with Gasteiger partial charge in [0, 0.05) is 6.42 Å². The van der Waals surface area contributed by atoms with Crippen LogP contribution in [0.2, 0.25) is 0 Å². The van der Waals surface area contributed by atoms with E-state index in [2.05, 4.69) is 6.58 Å². The van der Waals surface area contributed by atoms with Gasteiger partial charge in [0.1, 0.15) is 12.2 Å². The number of esters is 1. The van der Waals surface area contributed by atoms with Gasteiger partial charge in [0.15, 0.2) is 6.29 Å². The first-order valence-electron chi connectivity index (χ1n) is 8.81. The van der Waals surface area contributed by atoms with Crippen LogP contribution in [0.5, 0.6) is 0 Å². The Morgan fingerprint density at radius 2 is 2.04 bits per heavy atom. The highest BCUT2D eigenvalue weighted by molar-refractivity contribution is 5.70. The average molecular weight is 356 g/mol. The van der Waals surface area contributed by atoms with E-state index in [0.29, 0.717) is 32.7 Å². The van der Waals surface area contributed by atoms with Gasteiger partial charge in [-0.3, -0.25) is 4.79 Å². The molecule has 0 bridgehead atoms. The Kier molecular flexibility index (Phi) is 6.77. The fourth-order valence-corrected chi connectivity index (χ4v) is 2.73. The van der Waals surface area contributed by atoms with Gasteiger partial charge in [-0.15, -0.1) is 0 Å². The molecule has 0 spiro atoms. The summed E-state index contributed by atoms with van der Waals surface area (Å²) in [6.07, 6.45) is 6.93. The summed E-state index contributed by atoms with van der Waals surface area (Å²) in [5, 5.41) is 0. The normalized spacial score (nSPS) is 28.4. The van der Waals surface area contributed by atoms with Crippen LogP contribution in [0.1, 0.15) is 18.4 Å². The molecule has 0 unspecified atom stereocenters. The SMILES string of the molecule is C=C1/C=C/CCC(=O)O[C@H]2C=C[C@@H](OCc3ccccc3)O[C@@H]2COC1. The summed E-state index contributed by atoms with van der Waals surface area (Å²) in [4.78, 5) is 12.0. The maximum absolute atomic E-state index is 12.0. The number of ether oxygens (including phenoxy) is 4. The van der Waals surface area contributed by atoms with Crippen LogP contribution in [0.3, 0.4) is 0 Å². The van der Waals surface area contributed by atoms with E-state index in [1.54, 1.807) is 6.08 Å². The molecule has 0 N–H and O–H groups in total. The molecule has 1 aromatic rings. The molecule has 138 valence electrons. The zero-order valence-corrected chi connectivity index (χ0v) is 14.7. The van der Waals surface area contributed by atoms with E-state index in [9.17, 15) is 4.79 Å². The van der Waals surface area contributed by atoms with Crippen molar-refractivity contribution in [3.8, 4) is 0 Å². The first kappa shape index (κ1) is 18.6. The Hall–Kier alpha value is -2.21. The molecule has 2 aliphatic rings. The Bertz CT molecular complexity index is 664. The number of hydrogen-bond donors (Lipinski definition) is 0. The van der Waals surface area contributed by atoms with Crippen molar-refractivity contribution in [2.24, 2.45) is 0 Å². The molecule has 5 nitrogen and oxygen atoms in total. The van der Waals surface area contributed by atoms with Gasteiger partial charge in [0.25, 0.3) is 0 Å². The lowest BCUT2D eigenvalue weighted by molar-refractivity contribution is -0.199. The molecule has 2 aliphatic heterocycles. The standard InChI is InChI=1S/C21H24O5/c1-16-7-5-6-10-20(22)25-18-11-12-21(26-19(18)15-23-13-16)24-14-17-8-3-2-4-9-17/h2-5,7-9,11-12,18-19,21H,1,6,10,13-15H2/b7-5+/t18-,19+,21-/m0/s1. The number of rotatable bonds is 3. The Labute approximate surface area is 153 Å². The third kappa shape index (κ3) is 5.66. The second-order valence-corrected chi connectivity index (χ2v) is 6.29. The highest BCUT2D eigenvalue weighted by atomic mass is 16.7. The zero-order valence-electron chi connectivity index (χ0n) is 14.7. The molecular weight excluding hydrogens is 332 g/mol. The fourth-order valence-electron chi connectivity index (χ4n) is 2.73. The predicted octanol–water partition coefficient (Wildman–Crippen LogP) is 3.32. The van der Waals surface area contributed by atoms with Crippen LogP contribution in [0.25, 0.3) is 0 Å². The summed E-state index contributed by atoms with van der Waals surface area (Å²) in [7, 11) is 0. The minimum absolute atomic E-state index is 0.257. The van der Waals surface area contributed by atoms with E-state index in [1.165, 1.54) is 0 Å². The monoisotopic (exact) mass is 356 g/mol. The topological polar surface area (TPSA) is 54.0 Å². The van der Waals surface area contributed by atoms with Crippen LogP contribution < -0.4 is 0 Å². The van der Waals surface area contributed by atoms with Crippen LogP contribution >= 0.6 is 0 Å². The van der Waals surface area contributed by atoms with Crippen LogP contribution in [0, 0.1) is 0 Å². The largest absolute Gasteiger partial charge is 0.455 e. The molecule has 0 aliphatic carbocycles. The molecule has 3 rings (SSSR count). The lowest BCUT2D eigenvalue weighted by atomic mass is 10.1. The van der Waals surface area contributed by atoms with Crippen molar-refractivity contribution >= 4 is 5.97 Å². The van der Waals surface area contributed by atoms with Crippen molar-refractivity contribution in [1.29, 1.82) is 0 Å². The van der Waals surface area contributed by atoms with Crippen molar-refractivity contribution in [1.82, 2.24) is 0 Å². The average Bonchev–Trinajstić information content (AvgIpc) is 2.65. The molecule has 0 fully saturated rings. The Morgan fingerprint density at radius 1 is 1.19 bits per heavy atom. The van der Waals surface area contributed by atoms with Gasteiger partial charge in [0.05, 0.1) is 19.8 Å². The Balaban J connectivity index is 1.61. The first-order chi connectivity index (χ1) is 12.7. The minimum Gasteiger partial charge on any atom is -0.455 e. The highest BCUT2D eigenvalue weighted by Crippen LogP contribution is 2.20. The number of allylic oxidation sites excluding steroid dienone is 1. The second kappa shape index (κ2) is 9.48. The molecular formula is C21H24O5. The van der Waals surface area contributed by atoms with Crippen molar-refractivity contribution in [2.75, 3.05) is 13.2 Å². The van der Waals surface area contributed by atoms with E-state index in [4.69, 9.17) is 18.9 Å². The molecule has 0 saturated carbocycles. The van der Waals surface area contributed by atoms with Crippen molar-refractivity contribution < 1.29 is 23.7 Å². The number of benzene rings is 1.